The van der Waals surface area contributed by atoms with Crippen LogP contribution in [-0.2, 0) is 16.6 Å². The molecule has 1 heterocycles. The largest absolute Gasteiger partial charge is 0.316 e. The van der Waals surface area contributed by atoms with Gasteiger partial charge in [-0.25, -0.2) is 8.42 Å². The average Bonchev–Trinajstić information content (AvgIpc) is 2.41. The summed E-state index contributed by atoms with van der Waals surface area (Å²) in [6.07, 6.45) is 0. The number of thioether (sulfide) groups is 1. The minimum absolute atomic E-state index is 0.357. The molecule has 1 aromatic carbocycles. The first kappa shape index (κ1) is 16.8. The lowest BCUT2D eigenvalue weighted by molar-refractivity contribution is 0.424. The Bertz CT molecular complexity index is 614. The van der Waals surface area contributed by atoms with E-state index in [1.807, 2.05) is 44.8 Å². The highest BCUT2D eigenvalue weighted by Crippen LogP contribution is 2.27. The molecule has 0 saturated carbocycles. The van der Waals surface area contributed by atoms with Gasteiger partial charge in [-0.05, 0) is 43.7 Å². The molecule has 0 amide bonds. The molecule has 2 rings (SSSR count). The van der Waals surface area contributed by atoms with Gasteiger partial charge in [0.15, 0.2) is 0 Å². The highest BCUT2D eigenvalue weighted by molar-refractivity contribution is 8.00. The summed E-state index contributed by atoms with van der Waals surface area (Å²) in [5.74, 6) is 0.870. The molecule has 0 bridgehead atoms. The van der Waals surface area contributed by atoms with E-state index in [1.165, 1.54) is 0 Å². The number of benzene rings is 1. The van der Waals surface area contributed by atoms with Gasteiger partial charge >= 0.3 is 0 Å². The predicted molar refractivity (Wildman–Crippen MR) is 89.4 cm³/mol. The molecule has 118 valence electrons. The molecule has 0 aliphatic carbocycles. The molecule has 1 N–H and O–H groups in total. The second kappa shape index (κ2) is 6.69. The van der Waals surface area contributed by atoms with Crippen molar-refractivity contribution in [2.24, 2.45) is 0 Å². The summed E-state index contributed by atoms with van der Waals surface area (Å²) in [5.41, 5.74) is 3.00. The van der Waals surface area contributed by atoms with Crippen LogP contribution in [0.5, 0.6) is 0 Å². The fourth-order valence-electron chi connectivity index (χ4n) is 2.68. The minimum Gasteiger partial charge on any atom is -0.316 e. The van der Waals surface area contributed by atoms with Crippen molar-refractivity contribution in [1.29, 1.82) is 0 Å². The normalized spacial score (nSPS) is 20.7. The van der Waals surface area contributed by atoms with Crippen LogP contribution in [0.2, 0.25) is 0 Å². The minimum atomic E-state index is -3.39. The molecule has 1 saturated heterocycles. The zero-order valence-electron chi connectivity index (χ0n) is 13.1. The van der Waals surface area contributed by atoms with E-state index in [4.69, 9.17) is 0 Å². The monoisotopic (exact) mass is 328 g/mol. The van der Waals surface area contributed by atoms with Crippen LogP contribution < -0.4 is 5.32 Å². The predicted octanol–water partition coefficient (Wildman–Crippen LogP) is 2.15. The van der Waals surface area contributed by atoms with Gasteiger partial charge in [0.1, 0.15) is 0 Å². The fraction of sp³-hybridized carbons (Fsp3) is 0.600. The second-order valence-electron chi connectivity index (χ2n) is 5.62. The SMILES string of the molecule is CNCc1cc(S(=O)(=O)N2CCSC(C)C2)c(C)cc1C. The van der Waals surface area contributed by atoms with Crippen LogP contribution in [0.3, 0.4) is 0 Å². The Morgan fingerprint density at radius 1 is 1.33 bits per heavy atom. The van der Waals surface area contributed by atoms with Crippen molar-refractivity contribution in [1.82, 2.24) is 9.62 Å². The average molecular weight is 329 g/mol. The first-order chi connectivity index (χ1) is 9.86. The quantitative estimate of drug-likeness (QED) is 0.920. The van der Waals surface area contributed by atoms with Gasteiger partial charge < -0.3 is 5.32 Å². The summed E-state index contributed by atoms with van der Waals surface area (Å²) < 4.78 is 27.5. The van der Waals surface area contributed by atoms with Crippen molar-refractivity contribution < 1.29 is 8.42 Å². The molecule has 1 aliphatic rings. The van der Waals surface area contributed by atoms with Crippen molar-refractivity contribution in [2.45, 2.75) is 37.5 Å². The van der Waals surface area contributed by atoms with Crippen LogP contribution in [0, 0.1) is 13.8 Å². The lowest BCUT2D eigenvalue weighted by Crippen LogP contribution is -2.41. The molecule has 0 spiro atoms. The summed E-state index contributed by atoms with van der Waals surface area (Å²) in [5, 5.41) is 3.46. The fourth-order valence-corrected chi connectivity index (χ4v) is 5.69. The Balaban J connectivity index is 2.41. The van der Waals surface area contributed by atoms with Crippen LogP contribution in [0.1, 0.15) is 23.6 Å². The van der Waals surface area contributed by atoms with Crippen molar-refractivity contribution in [3.63, 3.8) is 0 Å². The highest BCUT2D eigenvalue weighted by atomic mass is 32.2. The van der Waals surface area contributed by atoms with Crippen molar-refractivity contribution >= 4 is 21.8 Å². The molecule has 1 unspecified atom stereocenters. The lowest BCUT2D eigenvalue weighted by Gasteiger charge is -2.30. The number of aryl methyl sites for hydroxylation is 2. The summed E-state index contributed by atoms with van der Waals surface area (Å²) >= 11 is 1.83. The van der Waals surface area contributed by atoms with Crippen molar-refractivity contribution in [3.05, 3.63) is 28.8 Å². The number of hydrogen-bond acceptors (Lipinski definition) is 4. The van der Waals surface area contributed by atoms with Crippen molar-refractivity contribution in [3.8, 4) is 0 Å². The van der Waals surface area contributed by atoms with Crippen molar-refractivity contribution in [2.75, 3.05) is 25.9 Å². The summed E-state index contributed by atoms with van der Waals surface area (Å²) in [6, 6.07) is 3.81. The lowest BCUT2D eigenvalue weighted by atomic mass is 10.1. The maximum atomic E-state index is 12.9. The van der Waals surface area contributed by atoms with Gasteiger partial charge in [0.2, 0.25) is 10.0 Å². The summed E-state index contributed by atoms with van der Waals surface area (Å²) in [6.45, 7) is 7.87. The van der Waals surface area contributed by atoms with E-state index in [0.717, 1.165) is 22.4 Å². The van der Waals surface area contributed by atoms with Crippen LogP contribution in [0.15, 0.2) is 17.0 Å². The van der Waals surface area contributed by atoms with E-state index in [-0.39, 0.29) is 0 Å². The number of nitrogens with one attached hydrogen (secondary N) is 1. The molecular weight excluding hydrogens is 304 g/mol. The number of sulfonamides is 1. The second-order valence-corrected chi connectivity index (χ2v) is 9.07. The zero-order chi connectivity index (χ0) is 15.6. The molecule has 6 heteroatoms. The Morgan fingerprint density at radius 2 is 2.05 bits per heavy atom. The van der Waals surface area contributed by atoms with Gasteiger partial charge in [0.05, 0.1) is 4.90 Å². The summed E-state index contributed by atoms with van der Waals surface area (Å²) in [7, 11) is -1.52. The van der Waals surface area contributed by atoms with Crippen LogP contribution in [0.4, 0.5) is 0 Å². The highest BCUT2D eigenvalue weighted by Gasteiger charge is 2.30. The van der Waals surface area contributed by atoms with Gasteiger partial charge in [-0.2, -0.15) is 16.1 Å². The Kier molecular flexibility index (Phi) is 5.35. The smallest absolute Gasteiger partial charge is 0.243 e. The molecule has 0 aromatic heterocycles. The molecule has 1 aliphatic heterocycles. The van der Waals surface area contributed by atoms with E-state index < -0.39 is 10.0 Å². The van der Waals surface area contributed by atoms with Gasteiger partial charge in [0.25, 0.3) is 0 Å². The van der Waals surface area contributed by atoms with Crippen LogP contribution in [0.25, 0.3) is 0 Å². The maximum absolute atomic E-state index is 12.9. The van der Waals surface area contributed by atoms with E-state index in [2.05, 4.69) is 12.2 Å². The van der Waals surface area contributed by atoms with Crippen LogP contribution >= 0.6 is 11.8 Å². The molecule has 21 heavy (non-hydrogen) atoms. The first-order valence-corrected chi connectivity index (χ1v) is 9.71. The standard InChI is InChI=1S/C15H24N2O2S2/c1-11-7-12(2)15(8-14(11)9-16-4)21(18,19)17-5-6-20-13(3)10-17/h7-8,13,16H,5-6,9-10H2,1-4H3. The van der Waals surface area contributed by atoms with E-state index >= 15 is 0 Å². The molecule has 0 radical (unpaired) electrons. The number of hydrogen-bond donors (Lipinski definition) is 1. The molecule has 4 nitrogen and oxygen atoms in total. The topological polar surface area (TPSA) is 49.4 Å². The molecule has 1 atom stereocenters. The van der Waals surface area contributed by atoms with E-state index in [1.54, 1.807) is 4.31 Å². The first-order valence-electron chi connectivity index (χ1n) is 7.22. The third kappa shape index (κ3) is 3.62. The molecular formula is C15H24N2O2S2. The van der Waals surface area contributed by atoms with Gasteiger partial charge in [-0.1, -0.05) is 13.0 Å². The molecule has 1 fully saturated rings. The van der Waals surface area contributed by atoms with Gasteiger partial charge in [0, 0.05) is 30.6 Å². The summed E-state index contributed by atoms with van der Waals surface area (Å²) in [4.78, 5) is 0.456. The Morgan fingerprint density at radius 3 is 2.67 bits per heavy atom. The Hall–Kier alpha value is -0.560. The van der Waals surface area contributed by atoms with E-state index in [9.17, 15) is 8.42 Å². The number of rotatable bonds is 4. The molecule has 1 aromatic rings. The maximum Gasteiger partial charge on any atom is 0.243 e. The third-order valence-corrected chi connectivity index (χ3v) is 6.97. The van der Waals surface area contributed by atoms with Gasteiger partial charge in [-0.3, -0.25) is 0 Å². The van der Waals surface area contributed by atoms with Crippen LogP contribution in [-0.4, -0.2) is 43.9 Å². The third-order valence-electron chi connectivity index (χ3n) is 3.82. The van der Waals surface area contributed by atoms with E-state index in [0.29, 0.717) is 29.8 Å². The van der Waals surface area contributed by atoms with Gasteiger partial charge in [-0.15, -0.1) is 0 Å². The zero-order valence-corrected chi connectivity index (χ0v) is 14.8. The Labute approximate surface area is 132 Å². The number of nitrogens with zero attached hydrogens (tertiary/aromatic N) is 1.